The average Bonchev–Trinajstić information content (AvgIpc) is 2.67. The minimum atomic E-state index is -0.362. The molecule has 0 fully saturated rings. The first-order valence-electron chi connectivity index (χ1n) is 5.46. The summed E-state index contributed by atoms with van der Waals surface area (Å²) >= 11 is 5.79. The van der Waals surface area contributed by atoms with Crippen LogP contribution in [0.5, 0.6) is 5.88 Å². The number of rotatable bonds is 3. The number of nitrogens with one attached hydrogen (secondary N) is 1. The number of hydrogen-bond acceptors (Lipinski definition) is 5. The number of aromatic nitrogens is 2. The predicted molar refractivity (Wildman–Crippen MR) is 69.7 cm³/mol. The van der Waals surface area contributed by atoms with Gasteiger partial charge in [0.25, 0.3) is 5.91 Å². The van der Waals surface area contributed by atoms with Gasteiger partial charge >= 0.3 is 0 Å². The van der Waals surface area contributed by atoms with Gasteiger partial charge in [0.15, 0.2) is 0 Å². The topological polar surface area (TPSA) is 77.2 Å². The summed E-state index contributed by atoms with van der Waals surface area (Å²) in [5, 5.41) is 2.72. The lowest BCUT2D eigenvalue weighted by atomic mass is 10.2. The highest BCUT2D eigenvalue weighted by Crippen LogP contribution is 2.18. The van der Waals surface area contributed by atoms with Crippen molar-refractivity contribution in [3.63, 3.8) is 0 Å². The van der Waals surface area contributed by atoms with Gasteiger partial charge in [-0.05, 0) is 19.9 Å². The summed E-state index contributed by atoms with van der Waals surface area (Å²) in [5.74, 6) is 1.18. The van der Waals surface area contributed by atoms with Gasteiger partial charge in [-0.15, -0.1) is 0 Å². The Morgan fingerprint density at radius 2 is 2.11 bits per heavy atom. The van der Waals surface area contributed by atoms with Gasteiger partial charge in [0.1, 0.15) is 16.7 Å². The van der Waals surface area contributed by atoms with Crippen LogP contribution in [0.3, 0.4) is 0 Å². The van der Waals surface area contributed by atoms with E-state index < -0.39 is 0 Å². The Balaban J connectivity index is 2.23. The van der Waals surface area contributed by atoms with Crippen molar-refractivity contribution in [3.8, 4) is 5.88 Å². The Bertz CT molecular complexity index is 625. The van der Waals surface area contributed by atoms with Crippen molar-refractivity contribution in [2.75, 3.05) is 12.4 Å². The molecule has 2 rings (SSSR count). The van der Waals surface area contributed by atoms with E-state index in [1.807, 2.05) is 0 Å². The Labute approximate surface area is 114 Å². The summed E-state index contributed by atoms with van der Waals surface area (Å²) in [5.41, 5.74) is 0.431. The van der Waals surface area contributed by atoms with E-state index in [1.165, 1.54) is 13.2 Å². The number of carbonyl (C=O) groups excluding carboxylic acids is 1. The summed E-state index contributed by atoms with van der Waals surface area (Å²) in [7, 11) is 1.45. The van der Waals surface area contributed by atoms with Gasteiger partial charge in [-0.1, -0.05) is 11.6 Å². The number of ether oxygens (including phenoxy) is 1. The van der Waals surface area contributed by atoms with Crippen LogP contribution in [0.1, 0.15) is 21.9 Å². The van der Waals surface area contributed by atoms with E-state index in [9.17, 15) is 4.79 Å². The highest BCUT2D eigenvalue weighted by Gasteiger charge is 2.15. The van der Waals surface area contributed by atoms with E-state index in [4.69, 9.17) is 20.8 Å². The Hall–Kier alpha value is -2.08. The molecular formula is C12H12ClN3O3. The number of carbonyl (C=O) groups is 1. The first-order valence-corrected chi connectivity index (χ1v) is 5.84. The summed E-state index contributed by atoms with van der Waals surface area (Å²) in [6, 6.07) is 3.09. The molecule has 0 atom stereocenters. The number of anilines is 1. The molecule has 1 N–H and O–H groups in total. The first kappa shape index (κ1) is 13.4. The Kier molecular flexibility index (Phi) is 3.71. The zero-order valence-corrected chi connectivity index (χ0v) is 11.4. The molecule has 2 heterocycles. The fraction of sp³-hybridized carbons (Fsp3) is 0.250. The number of nitrogens with zero attached hydrogens (tertiary/aromatic N) is 2. The summed E-state index contributed by atoms with van der Waals surface area (Å²) in [6.07, 6.45) is 0. The predicted octanol–water partition coefficient (Wildman–Crippen LogP) is 2.60. The van der Waals surface area contributed by atoms with Crippen molar-refractivity contribution in [1.82, 2.24) is 9.97 Å². The SMILES string of the molecule is COc1cc(Cl)nc(NC(=O)c2cc(C)oc2C)n1. The molecule has 1 amide bonds. The molecule has 2 aromatic heterocycles. The maximum atomic E-state index is 12.0. The van der Waals surface area contributed by atoms with Crippen molar-refractivity contribution in [2.24, 2.45) is 0 Å². The molecule has 100 valence electrons. The van der Waals surface area contributed by atoms with Crippen LogP contribution >= 0.6 is 11.6 Å². The second-order valence-corrected chi connectivity index (χ2v) is 4.22. The zero-order chi connectivity index (χ0) is 14.0. The molecular weight excluding hydrogens is 270 g/mol. The smallest absolute Gasteiger partial charge is 0.261 e. The molecule has 19 heavy (non-hydrogen) atoms. The fourth-order valence-corrected chi connectivity index (χ4v) is 1.76. The van der Waals surface area contributed by atoms with Crippen LogP contribution in [0.15, 0.2) is 16.5 Å². The molecule has 0 bridgehead atoms. The van der Waals surface area contributed by atoms with E-state index in [-0.39, 0.29) is 22.9 Å². The molecule has 0 saturated carbocycles. The Morgan fingerprint density at radius 1 is 1.37 bits per heavy atom. The van der Waals surface area contributed by atoms with E-state index in [0.717, 1.165) is 0 Å². The summed E-state index contributed by atoms with van der Waals surface area (Å²) in [4.78, 5) is 19.9. The number of halogens is 1. The molecule has 0 unspecified atom stereocenters. The number of furan rings is 1. The van der Waals surface area contributed by atoms with Gasteiger partial charge in [0, 0.05) is 6.07 Å². The van der Waals surface area contributed by atoms with Crippen LogP contribution < -0.4 is 10.1 Å². The minimum absolute atomic E-state index is 0.0765. The van der Waals surface area contributed by atoms with Gasteiger partial charge in [-0.3, -0.25) is 10.1 Å². The third kappa shape index (κ3) is 3.03. The van der Waals surface area contributed by atoms with Crippen molar-refractivity contribution in [1.29, 1.82) is 0 Å². The average molecular weight is 282 g/mol. The maximum Gasteiger partial charge on any atom is 0.261 e. The first-order chi connectivity index (χ1) is 8.99. The standard InChI is InChI=1S/C12H12ClN3O3/c1-6-4-8(7(2)19-6)11(17)16-12-14-9(13)5-10(15-12)18-3/h4-5H,1-3H3,(H,14,15,16,17). The van der Waals surface area contributed by atoms with Crippen LogP contribution in [-0.2, 0) is 0 Å². The van der Waals surface area contributed by atoms with Gasteiger partial charge in [0.05, 0.1) is 12.7 Å². The van der Waals surface area contributed by atoms with Crippen LogP contribution in [0.2, 0.25) is 5.15 Å². The Morgan fingerprint density at radius 3 is 2.68 bits per heavy atom. The molecule has 7 heteroatoms. The second-order valence-electron chi connectivity index (χ2n) is 3.84. The van der Waals surface area contributed by atoms with E-state index in [2.05, 4.69) is 15.3 Å². The number of hydrogen-bond donors (Lipinski definition) is 1. The molecule has 0 radical (unpaired) electrons. The number of aryl methyl sites for hydroxylation is 2. The third-order valence-electron chi connectivity index (χ3n) is 2.39. The normalized spacial score (nSPS) is 10.3. The van der Waals surface area contributed by atoms with Crippen LogP contribution in [0.25, 0.3) is 0 Å². The third-order valence-corrected chi connectivity index (χ3v) is 2.59. The number of amides is 1. The lowest BCUT2D eigenvalue weighted by Crippen LogP contribution is -2.14. The van der Waals surface area contributed by atoms with Crippen molar-refractivity contribution in [3.05, 3.63) is 34.4 Å². The molecule has 2 aromatic rings. The lowest BCUT2D eigenvalue weighted by Gasteiger charge is -2.05. The second kappa shape index (κ2) is 5.27. The molecule has 0 saturated heterocycles. The van der Waals surface area contributed by atoms with Gasteiger partial charge in [0.2, 0.25) is 11.8 Å². The zero-order valence-electron chi connectivity index (χ0n) is 10.7. The van der Waals surface area contributed by atoms with Crippen LogP contribution in [-0.4, -0.2) is 23.0 Å². The summed E-state index contributed by atoms with van der Waals surface area (Å²) in [6.45, 7) is 3.48. The van der Waals surface area contributed by atoms with E-state index >= 15 is 0 Å². The van der Waals surface area contributed by atoms with Gasteiger partial charge < -0.3 is 9.15 Å². The largest absolute Gasteiger partial charge is 0.481 e. The van der Waals surface area contributed by atoms with Crippen LogP contribution in [0, 0.1) is 13.8 Å². The molecule has 6 nitrogen and oxygen atoms in total. The fourth-order valence-electron chi connectivity index (χ4n) is 1.58. The van der Waals surface area contributed by atoms with Crippen molar-refractivity contribution >= 4 is 23.5 Å². The molecule has 0 aliphatic carbocycles. The molecule has 0 aliphatic heterocycles. The van der Waals surface area contributed by atoms with Crippen LogP contribution in [0.4, 0.5) is 5.95 Å². The molecule has 0 aliphatic rings. The van der Waals surface area contributed by atoms with Crippen molar-refractivity contribution in [2.45, 2.75) is 13.8 Å². The monoisotopic (exact) mass is 281 g/mol. The van der Waals surface area contributed by atoms with E-state index in [1.54, 1.807) is 19.9 Å². The maximum absolute atomic E-state index is 12.0. The van der Waals surface area contributed by atoms with Gasteiger partial charge in [-0.25, -0.2) is 4.98 Å². The molecule has 0 aromatic carbocycles. The highest BCUT2D eigenvalue weighted by atomic mass is 35.5. The van der Waals surface area contributed by atoms with E-state index in [0.29, 0.717) is 17.1 Å². The van der Waals surface area contributed by atoms with Crippen molar-refractivity contribution < 1.29 is 13.9 Å². The summed E-state index contributed by atoms with van der Waals surface area (Å²) < 4.78 is 10.2. The minimum Gasteiger partial charge on any atom is -0.481 e. The lowest BCUT2D eigenvalue weighted by molar-refractivity contribution is 0.102. The molecule has 0 spiro atoms. The quantitative estimate of drug-likeness (QED) is 0.875. The highest BCUT2D eigenvalue weighted by molar-refractivity contribution is 6.29. The number of methoxy groups -OCH3 is 1. The van der Waals surface area contributed by atoms with Gasteiger partial charge in [-0.2, -0.15) is 4.98 Å².